The number of rotatable bonds is 7. The van der Waals surface area contributed by atoms with Crippen molar-refractivity contribution in [2.24, 2.45) is 0 Å². The minimum Gasteiger partial charge on any atom is -0.207 e. The average molecular weight is 349 g/mol. The third-order valence-corrected chi connectivity index (χ3v) is 5.44. The molecule has 26 heavy (non-hydrogen) atoms. The van der Waals surface area contributed by atoms with E-state index in [-0.39, 0.29) is 5.82 Å². The number of allylic oxidation sites excluding steroid dienone is 4. The highest BCUT2D eigenvalue weighted by atomic mass is 19.1. The highest BCUT2D eigenvalue weighted by Crippen LogP contribution is 2.33. The van der Waals surface area contributed by atoms with Crippen molar-refractivity contribution in [3.63, 3.8) is 0 Å². The second-order valence-corrected chi connectivity index (χ2v) is 7.31. The monoisotopic (exact) mass is 348 g/mol. The topological polar surface area (TPSA) is 0 Å². The summed E-state index contributed by atoms with van der Waals surface area (Å²) in [6, 6.07) is 16.0. The molecule has 0 amide bonds. The average Bonchev–Trinajstić information content (AvgIpc) is 2.69. The molecule has 0 N–H and O–H groups in total. The summed E-state index contributed by atoms with van der Waals surface area (Å²) in [5.74, 6) is 0.510. The van der Waals surface area contributed by atoms with Crippen molar-refractivity contribution in [2.75, 3.05) is 0 Å². The van der Waals surface area contributed by atoms with Gasteiger partial charge in [0, 0.05) is 0 Å². The van der Waals surface area contributed by atoms with Crippen LogP contribution >= 0.6 is 0 Å². The zero-order chi connectivity index (χ0) is 18.2. The summed E-state index contributed by atoms with van der Waals surface area (Å²) in [5, 5.41) is 0. The fourth-order valence-electron chi connectivity index (χ4n) is 3.75. The van der Waals surface area contributed by atoms with Crippen molar-refractivity contribution in [1.29, 1.82) is 0 Å². The smallest absolute Gasteiger partial charge is 0.123 e. The van der Waals surface area contributed by atoms with Crippen molar-refractivity contribution in [3.05, 3.63) is 94.8 Å². The number of benzene rings is 2. The molecule has 2 aromatic carbocycles. The third kappa shape index (κ3) is 5.42. The maximum Gasteiger partial charge on any atom is 0.123 e. The Morgan fingerprint density at radius 1 is 0.923 bits per heavy atom. The van der Waals surface area contributed by atoms with Crippen LogP contribution in [0.5, 0.6) is 0 Å². The molecule has 2 aromatic rings. The van der Waals surface area contributed by atoms with Crippen molar-refractivity contribution in [1.82, 2.24) is 0 Å². The molecule has 0 bridgehead atoms. The normalized spacial score (nSPS) is 17.5. The van der Waals surface area contributed by atoms with E-state index in [0.29, 0.717) is 5.92 Å². The lowest BCUT2D eigenvalue weighted by atomic mass is 9.83. The van der Waals surface area contributed by atoms with Gasteiger partial charge in [-0.25, -0.2) is 4.39 Å². The predicted octanol–water partition coefficient (Wildman–Crippen LogP) is 7.16. The first-order valence-electron chi connectivity index (χ1n) is 9.87. The van der Waals surface area contributed by atoms with Gasteiger partial charge in [-0.15, -0.1) is 0 Å². The first-order valence-corrected chi connectivity index (χ1v) is 9.87. The van der Waals surface area contributed by atoms with Gasteiger partial charge in [0.25, 0.3) is 0 Å². The van der Waals surface area contributed by atoms with Crippen molar-refractivity contribution >= 4 is 0 Å². The molecule has 0 saturated heterocycles. The lowest BCUT2D eigenvalue weighted by Gasteiger charge is -2.22. The van der Waals surface area contributed by atoms with E-state index in [0.717, 1.165) is 12.8 Å². The maximum atomic E-state index is 13.0. The Bertz CT molecular complexity index is 735. The summed E-state index contributed by atoms with van der Waals surface area (Å²) in [7, 11) is 0. The number of hydrogen-bond acceptors (Lipinski definition) is 0. The molecule has 0 fully saturated rings. The van der Waals surface area contributed by atoms with Gasteiger partial charge >= 0.3 is 0 Å². The molecule has 0 spiro atoms. The summed E-state index contributed by atoms with van der Waals surface area (Å²) in [4.78, 5) is 0. The van der Waals surface area contributed by atoms with Gasteiger partial charge in [-0.3, -0.25) is 0 Å². The van der Waals surface area contributed by atoms with E-state index in [2.05, 4.69) is 49.4 Å². The quantitative estimate of drug-likeness (QED) is 0.466. The van der Waals surface area contributed by atoms with E-state index in [9.17, 15) is 4.39 Å². The van der Waals surface area contributed by atoms with E-state index < -0.39 is 0 Å². The molecule has 1 heteroatoms. The second kappa shape index (κ2) is 9.52. The number of aryl methyl sites for hydroxylation is 2. The molecule has 0 aliphatic heterocycles. The molecular formula is C25H29F. The van der Waals surface area contributed by atoms with Crippen molar-refractivity contribution in [2.45, 2.75) is 57.8 Å². The Kier molecular flexibility index (Phi) is 6.82. The van der Waals surface area contributed by atoms with Crippen LogP contribution in [0.3, 0.4) is 0 Å². The zero-order valence-corrected chi connectivity index (χ0v) is 15.8. The molecule has 0 heterocycles. The predicted molar refractivity (Wildman–Crippen MR) is 109 cm³/mol. The largest absolute Gasteiger partial charge is 0.207 e. The van der Waals surface area contributed by atoms with E-state index in [1.165, 1.54) is 48.8 Å². The van der Waals surface area contributed by atoms with Crippen LogP contribution in [0.25, 0.3) is 0 Å². The summed E-state index contributed by atoms with van der Waals surface area (Å²) >= 11 is 0. The molecule has 1 aliphatic rings. The fourth-order valence-corrected chi connectivity index (χ4v) is 3.75. The van der Waals surface area contributed by atoms with Crippen LogP contribution in [0, 0.1) is 5.82 Å². The Balaban J connectivity index is 1.50. The van der Waals surface area contributed by atoms with Gasteiger partial charge < -0.3 is 0 Å². The van der Waals surface area contributed by atoms with Crippen molar-refractivity contribution in [3.8, 4) is 0 Å². The van der Waals surface area contributed by atoms with E-state index in [1.807, 2.05) is 12.1 Å². The maximum absolute atomic E-state index is 13.0. The Morgan fingerprint density at radius 3 is 2.15 bits per heavy atom. The van der Waals surface area contributed by atoms with Gasteiger partial charge in [0.15, 0.2) is 0 Å². The van der Waals surface area contributed by atoms with E-state index in [4.69, 9.17) is 0 Å². The first kappa shape index (κ1) is 18.6. The van der Waals surface area contributed by atoms with Crippen LogP contribution in [0.1, 0.15) is 61.6 Å². The highest BCUT2D eigenvalue weighted by molar-refractivity contribution is 5.28. The SMILES string of the molecule is CC=CCCC1=CCC(c2ccc(CCc3ccc(F)cc3)cc2)CC1. The van der Waals surface area contributed by atoms with Gasteiger partial charge in [0.2, 0.25) is 0 Å². The van der Waals surface area contributed by atoms with Crippen molar-refractivity contribution < 1.29 is 4.39 Å². The Morgan fingerprint density at radius 2 is 1.58 bits per heavy atom. The van der Waals surface area contributed by atoms with Gasteiger partial charge in [-0.1, -0.05) is 60.2 Å². The summed E-state index contributed by atoms with van der Waals surface area (Å²) in [5.41, 5.74) is 5.66. The van der Waals surface area contributed by atoms with Gasteiger partial charge in [0.05, 0.1) is 0 Å². The van der Waals surface area contributed by atoms with Crippen LogP contribution in [0.2, 0.25) is 0 Å². The van der Waals surface area contributed by atoms with Gasteiger partial charge in [0.1, 0.15) is 5.82 Å². The third-order valence-electron chi connectivity index (χ3n) is 5.44. The molecule has 3 rings (SSSR count). The molecule has 136 valence electrons. The van der Waals surface area contributed by atoms with Crippen LogP contribution in [-0.4, -0.2) is 0 Å². The fraction of sp³-hybridized carbons (Fsp3) is 0.360. The molecule has 0 aromatic heterocycles. The lowest BCUT2D eigenvalue weighted by molar-refractivity contribution is 0.586. The molecule has 0 nitrogen and oxygen atoms in total. The molecule has 0 saturated carbocycles. The first-order chi connectivity index (χ1) is 12.7. The van der Waals surface area contributed by atoms with E-state index >= 15 is 0 Å². The van der Waals surface area contributed by atoms with Gasteiger partial charge in [-0.2, -0.15) is 0 Å². The molecule has 0 radical (unpaired) electrons. The zero-order valence-electron chi connectivity index (χ0n) is 15.8. The molecular weight excluding hydrogens is 319 g/mol. The Hall–Kier alpha value is -2.15. The minimum atomic E-state index is -0.162. The van der Waals surface area contributed by atoms with Crippen LogP contribution < -0.4 is 0 Å². The molecule has 1 aliphatic carbocycles. The minimum absolute atomic E-state index is 0.162. The number of halogens is 1. The summed E-state index contributed by atoms with van der Waals surface area (Å²) < 4.78 is 13.0. The van der Waals surface area contributed by atoms with E-state index in [1.54, 1.807) is 17.7 Å². The van der Waals surface area contributed by atoms with Crippen LogP contribution in [0.15, 0.2) is 72.3 Å². The Labute approximate surface area is 157 Å². The standard InChI is InChI=1S/C25H29F/c1-2-3-4-5-20-8-14-23(15-9-20)24-16-10-21(11-17-24)6-7-22-12-18-25(26)19-13-22/h2-3,8,10-13,16-19,23H,4-7,9,14-15H2,1H3. The lowest BCUT2D eigenvalue weighted by Crippen LogP contribution is -2.04. The highest BCUT2D eigenvalue weighted by Gasteiger charge is 2.15. The molecule has 1 unspecified atom stereocenters. The number of hydrogen-bond donors (Lipinski definition) is 0. The summed E-state index contributed by atoms with van der Waals surface area (Å²) in [6.45, 7) is 2.09. The van der Waals surface area contributed by atoms with Crippen LogP contribution in [0.4, 0.5) is 4.39 Å². The molecule has 1 atom stereocenters. The second-order valence-electron chi connectivity index (χ2n) is 7.31. The van der Waals surface area contributed by atoms with Crippen LogP contribution in [-0.2, 0) is 12.8 Å². The van der Waals surface area contributed by atoms with Gasteiger partial charge in [-0.05, 0) is 86.6 Å². The summed E-state index contributed by atoms with van der Waals surface area (Å²) in [6.07, 6.45) is 14.9.